The van der Waals surface area contributed by atoms with Crippen LogP contribution in [0.2, 0.25) is 5.02 Å². The number of hydrogen-bond acceptors (Lipinski definition) is 5. The number of rotatable bonds is 5. The van der Waals surface area contributed by atoms with Gasteiger partial charge in [0.25, 0.3) is 5.69 Å². The van der Waals surface area contributed by atoms with Crippen LogP contribution in [-0.2, 0) is 4.79 Å². The summed E-state index contributed by atoms with van der Waals surface area (Å²) in [5.41, 5.74) is 1.25. The zero-order valence-corrected chi connectivity index (χ0v) is 14.8. The van der Waals surface area contributed by atoms with E-state index in [-0.39, 0.29) is 24.2 Å². The molecule has 7 nitrogen and oxygen atoms in total. The fourth-order valence-corrected chi connectivity index (χ4v) is 3.27. The molecule has 0 aliphatic carbocycles. The molecule has 0 aromatic heterocycles. The number of nitro benzene ring substituents is 1. The monoisotopic (exact) mass is 374 g/mol. The summed E-state index contributed by atoms with van der Waals surface area (Å²) in [6.45, 7) is 1.89. The molecule has 8 heteroatoms. The highest BCUT2D eigenvalue weighted by Crippen LogP contribution is 2.26. The van der Waals surface area contributed by atoms with Crippen molar-refractivity contribution < 1.29 is 9.72 Å². The van der Waals surface area contributed by atoms with Crippen LogP contribution < -0.4 is 10.6 Å². The van der Waals surface area contributed by atoms with Gasteiger partial charge in [-0.2, -0.15) is 0 Å². The van der Waals surface area contributed by atoms with E-state index in [0.29, 0.717) is 30.3 Å². The number of carbonyl (C=O) groups excluding carboxylic acids is 1. The minimum Gasteiger partial charge on any atom is -0.371 e. The average molecular weight is 375 g/mol. The van der Waals surface area contributed by atoms with E-state index in [0.717, 1.165) is 5.56 Å². The van der Waals surface area contributed by atoms with Crippen LogP contribution in [0.4, 0.5) is 11.4 Å². The number of halogens is 1. The van der Waals surface area contributed by atoms with Gasteiger partial charge >= 0.3 is 0 Å². The van der Waals surface area contributed by atoms with Crippen LogP contribution in [0.25, 0.3) is 0 Å². The van der Waals surface area contributed by atoms with Crippen LogP contribution in [0.15, 0.2) is 48.5 Å². The molecule has 1 saturated heterocycles. The Bertz CT molecular complexity index is 815. The number of hydrogen-bond donors (Lipinski definition) is 2. The fourth-order valence-electron chi connectivity index (χ4n) is 3.07. The first-order valence-corrected chi connectivity index (χ1v) is 8.67. The number of benzene rings is 2. The van der Waals surface area contributed by atoms with Gasteiger partial charge in [0.15, 0.2) is 0 Å². The highest BCUT2D eigenvalue weighted by molar-refractivity contribution is 6.30. The molecule has 1 unspecified atom stereocenters. The number of nitro groups is 1. The lowest BCUT2D eigenvalue weighted by Crippen LogP contribution is -2.50. The summed E-state index contributed by atoms with van der Waals surface area (Å²) in [4.78, 5) is 25.2. The average Bonchev–Trinajstić information content (AvgIpc) is 2.66. The number of nitrogens with one attached hydrogen (secondary N) is 2. The normalized spacial score (nSPS) is 17.0. The third-order valence-corrected chi connectivity index (χ3v) is 4.56. The molecule has 1 amide bonds. The van der Waals surface area contributed by atoms with E-state index >= 15 is 0 Å². The SMILES string of the molecule is O=C(CNc1ccccc1[N+](=O)[O-])N1CCNCC1c1cccc(Cl)c1. The quantitative estimate of drug-likeness (QED) is 0.620. The largest absolute Gasteiger partial charge is 0.371 e. The van der Waals surface area contributed by atoms with Gasteiger partial charge in [-0.25, -0.2) is 0 Å². The maximum Gasteiger partial charge on any atom is 0.292 e. The Balaban J connectivity index is 1.72. The van der Waals surface area contributed by atoms with Crippen LogP contribution in [-0.4, -0.2) is 41.9 Å². The predicted octanol–water partition coefficient (Wildman–Crippen LogP) is 2.83. The Hall–Kier alpha value is -2.64. The molecule has 0 saturated carbocycles. The number of nitrogens with zero attached hydrogens (tertiary/aromatic N) is 2. The fraction of sp³-hybridized carbons (Fsp3) is 0.278. The van der Waals surface area contributed by atoms with Gasteiger partial charge in [-0.1, -0.05) is 35.9 Å². The Labute approximate surface area is 156 Å². The van der Waals surface area contributed by atoms with Crippen molar-refractivity contribution in [3.8, 4) is 0 Å². The first-order valence-electron chi connectivity index (χ1n) is 8.29. The Kier molecular flexibility index (Phi) is 5.70. The van der Waals surface area contributed by atoms with Crippen molar-refractivity contribution in [2.45, 2.75) is 6.04 Å². The van der Waals surface area contributed by atoms with Crippen LogP contribution >= 0.6 is 11.6 Å². The van der Waals surface area contributed by atoms with E-state index < -0.39 is 4.92 Å². The highest BCUT2D eigenvalue weighted by Gasteiger charge is 2.28. The molecule has 2 aromatic carbocycles. The molecule has 136 valence electrons. The molecule has 1 aliphatic heterocycles. The lowest BCUT2D eigenvalue weighted by molar-refractivity contribution is -0.383. The van der Waals surface area contributed by atoms with E-state index in [2.05, 4.69) is 10.6 Å². The molecule has 26 heavy (non-hydrogen) atoms. The van der Waals surface area contributed by atoms with E-state index in [9.17, 15) is 14.9 Å². The number of amides is 1. The van der Waals surface area contributed by atoms with Gasteiger partial charge in [0.2, 0.25) is 5.91 Å². The third kappa shape index (κ3) is 4.12. The molecule has 1 atom stereocenters. The molecule has 3 rings (SSSR count). The van der Waals surface area contributed by atoms with Gasteiger partial charge in [0.05, 0.1) is 17.5 Å². The molecule has 1 aliphatic rings. The molecule has 0 bridgehead atoms. The van der Waals surface area contributed by atoms with Crippen LogP contribution in [0.1, 0.15) is 11.6 Å². The second kappa shape index (κ2) is 8.16. The Morgan fingerprint density at radius 1 is 1.31 bits per heavy atom. The van der Waals surface area contributed by atoms with Crippen LogP contribution in [0, 0.1) is 10.1 Å². The Morgan fingerprint density at radius 3 is 2.88 bits per heavy atom. The maximum absolute atomic E-state index is 12.8. The summed E-state index contributed by atoms with van der Waals surface area (Å²) >= 11 is 6.08. The maximum atomic E-state index is 12.8. The number of para-hydroxylation sites is 2. The third-order valence-electron chi connectivity index (χ3n) is 4.33. The number of carbonyl (C=O) groups is 1. The summed E-state index contributed by atoms with van der Waals surface area (Å²) in [7, 11) is 0. The smallest absolute Gasteiger partial charge is 0.292 e. The van der Waals surface area contributed by atoms with E-state index in [1.165, 1.54) is 6.07 Å². The van der Waals surface area contributed by atoms with Gasteiger partial charge in [-0.3, -0.25) is 14.9 Å². The highest BCUT2D eigenvalue weighted by atomic mass is 35.5. The predicted molar refractivity (Wildman–Crippen MR) is 100 cm³/mol. The van der Waals surface area contributed by atoms with Crippen molar-refractivity contribution >= 4 is 28.9 Å². The lowest BCUT2D eigenvalue weighted by atomic mass is 10.0. The van der Waals surface area contributed by atoms with Crippen molar-refractivity contribution in [2.75, 3.05) is 31.5 Å². The minimum absolute atomic E-state index is 0.0120. The summed E-state index contributed by atoms with van der Waals surface area (Å²) in [5.74, 6) is -0.116. The summed E-state index contributed by atoms with van der Waals surface area (Å²) in [6.07, 6.45) is 0. The molecular formula is C18H19ClN4O3. The standard InChI is InChI=1S/C18H19ClN4O3/c19-14-5-3-4-13(10-14)17-11-20-8-9-22(17)18(24)12-21-15-6-1-2-7-16(15)23(25)26/h1-7,10,17,20-21H,8-9,11-12H2. The van der Waals surface area contributed by atoms with E-state index in [1.54, 1.807) is 29.2 Å². The van der Waals surface area contributed by atoms with Gasteiger partial charge < -0.3 is 15.5 Å². The van der Waals surface area contributed by atoms with Crippen LogP contribution in [0.5, 0.6) is 0 Å². The molecule has 1 fully saturated rings. The van der Waals surface area contributed by atoms with E-state index in [4.69, 9.17) is 11.6 Å². The molecule has 1 heterocycles. The van der Waals surface area contributed by atoms with Crippen molar-refractivity contribution in [1.29, 1.82) is 0 Å². The summed E-state index contributed by atoms with van der Waals surface area (Å²) in [5, 5.41) is 17.9. The summed E-state index contributed by atoms with van der Waals surface area (Å²) in [6, 6.07) is 13.6. The van der Waals surface area contributed by atoms with Gasteiger partial charge in [0.1, 0.15) is 5.69 Å². The molecule has 2 N–H and O–H groups in total. The zero-order chi connectivity index (χ0) is 18.5. The van der Waals surface area contributed by atoms with Crippen molar-refractivity contribution in [3.63, 3.8) is 0 Å². The first kappa shape index (κ1) is 18.2. The topological polar surface area (TPSA) is 87.5 Å². The molecule has 0 radical (unpaired) electrons. The second-order valence-electron chi connectivity index (χ2n) is 5.99. The van der Waals surface area contributed by atoms with Crippen molar-refractivity contribution in [3.05, 3.63) is 69.2 Å². The minimum atomic E-state index is -0.466. The van der Waals surface area contributed by atoms with Crippen LogP contribution in [0.3, 0.4) is 0 Å². The number of piperazine rings is 1. The van der Waals surface area contributed by atoms with Gasteiger partial charge in [0, 0.05) is 30.7 Å². The van der Waals surface area contributed by atoms with Gasteiger partial charge in [-0.05, 0) is 23.8 Å². The number of anilines is 1. The van der Waals surface area contributed by atoms with Gasteiger partial charge in [-0.15, -0.1) is 0 Å². The zero-order valence-electron chi connectivity index (χ0n) is 14.0. The first-order chi connectivity index (χ1) is 12.6. The van der Waals surface area contributed by atoms with Crippen molar-refractivity contribution in [2.24, 2.45) is 0 Å². The molecule has 2 aromatic rings. The second-order valence-corrected chi connectivity index (χ2v) is 6.43. The summed E-state index contributed by atoms with van der Waals surface area (Å²) < 4.78 is 0. The lowest BCUT2D eigenvalue weighted by Gasteiger charge is -2.36. The molecule has 0 spiro atoms. The molecular weight excluding hydrogens is 356 g/mol. The van der Waals surface area contributed by atoms with Crippen molar-refractivity contribution in [1.82, 2.24) is 10.2 Å². The Morgan fingerprint density at radius 2 is 2.12 bits per heavy atom. The van der Waals surface area contributed by atoms with E-state index in [1.807, 2.05) is 18.2 Å².